The summed E-state index contributed by atoms with van der Waals surface area (Å²) < 4.78 is 5.31. The Morgan fingerprint density at radius 3 is 2.53 bits per heavy atom. The molecule has 0 aromatic heterocycles. The highest BCUT2D eigenvalue weighted by Crippen LogP contribution is 2.38. The second-order valence-electron chi connectivity index (χ2n) is 5.82. The summed E-state index contributed by atoms with van der Waals surface area (Å²) in [4.78, 5) is 14.4. The van der Waals surface area contributed by atoms with Gasteiger partial charge in [-0.3, -0.25) is 4.79 Å². The minimum absolute atomic E-state index is 0.0930. The second kappa shape index (κ2) is 4.58. The Bertz CT molecular complexity index is 286. The number of rotatable bonds is 1. The minimum Gasteiger partial charge on any atom is -0.380 e. The Kier molecular flexibility index (Phi) is 3.09. The van der Waals surface area contributed by atoms with E-state index in [0.717, 1.165) is 52.1 Å². The quantitative estimate of drug-likeness (QED) is 0.733. The van der Waals surface area contributed by atoms with Crippen molar-refractivity contribution in [3.8, 4) is 0 Å². The fraction of sp³-hybridized carbons (Fsp3) is 0.923. The lowest BCUT2D eigenvalue weighted by Crippen LogP contribution is -2.55. The molecule has 96 valence electrons. The van der Waals surface area contributed by atoms with Crippen molar-refractivity contribution in [1.29, 1.82) is 0 Å². The maximum absolute atomic E-state index is 12.3. The predicted octanol–water partition coefficient (Wildman–Crippen LogP) is 0.767. The zero-order chi connectivity index (χ0) is 11.7. The fourth-order valence-electron chi connectivity index (χ4n) is 3.16. The molecule has 0 saturated carbocycles. The van der Waals surface area contributed by atoms with E-state index in [1.54, 1.807) is 0 Å². The summed E-state index contributed by atoms with van der Waals surface area (Å²) in [6, 6.07) is 0.0930. The van der Waals surface area contributed by atoms with Crippen LogP contribution in [-0.4, -0.2) is 49.7 Å². The molecule has 3 aliphatic rings. The summed E-state index contributed by atoms with van der Waals surface area (Å²) in [5, 5.41) is 3.35. The van der Waals surface area contributed by atoms with Crippen LogP contribution in [0, 0.1) is 5.41 Å². The zero-order valence-corrected chi connectivity index (χ0v) is 10.4. The van der Waals surface area contributed by atoms with E-state index in [4.69, 9.17) is 4.74 Å². The molecule has 0 radical (unpaired) electrons. The topological polar surface area (TPSA) is 41.6 Å². The number of hydrogen-bond donors (Lipinski definition) is 1. The first kappa shape index (κ1) is 11.5. The minimum atomic E-state index is 0.0930. The Hall–Kier alpha value is -0.610. The van der Waals surface area contributed by atoms with Crippen molar-refractivity contribution in [2.75, 3.05) is 32.8 Å². The van der Waals surface area contributed by atoms with Gasteiger partial charge in [0, 0.05) is 18.5 Å². The van der Waals surface area contributed by atoms with Crippen LogP contribution in [-0.2, 0) is 9.53 Å². The van der Waals surface area contributed by atoms with E-state index in [-0.39, 0.29) is 6.04 Å². The van der Waals surface area contributed by atoms with E-state index in [0.29, 0.717) is 11.3 Å². The molecular weight excluding hydrogens is 216 g/mol. The molecule has 1 spiro atoms. The van der Waals surface area contributed by atoms with Gasteiger partial charge in [0.05, 0.1) is 19.3 Å². The number of nitrogens with zero attached hydrogens (tertiary/aromatic N) is 1. The molecule has 1 N–H and O–H groups in total. The van der Waals surface area contributed by atoms with Crippen LogP contribution in [0.2, 0.25) is 0 Å². The van der Waals surface area contributed by atoms with Crippen LogP contribution in [0.15, 0.2) is 0 Å². The molecule has 4 nitrogen and oxygen atoms in total. The maximum Gasteiger partial charge on any atom is 0.239 e. The van der Waals surface area contributed by atoms with Crippen LogP contribution in [0.3, 0.4) is 0 Å². The molecule has 0 aromatic rings. The van der Waals surface area contributed by atoms with Crippen molar-refractivity contribution < 1.29 is 9.53 Å². The summed E-state index contributed by atoms with van der Waals surface area (Å²) in [7, 11) is 0. The first-order chi connectivity index (χ1) is 8.29. The van der Waals surface area contributed by atoms with Gasteiger partial charge in [0.25, 0.3) is 0 Å². The van der Waals surface area contributed by atoms with Crippen LogP contribution >= 0.6 is 0 Å². The Labute approximate surface area is 103 Å². The first-order valence-electron chi connectivity index (χ1n) is 6.89. The summed E-state index contributed by atoms with van der Waals surface area (Å²) in [6.07, 6.45) is 5.68. The van der Waals surface area contributed by atoms with Crippen LogP contribution in [0.4, 0.5) is 0 Å². The lowest BCUT2D eigenvalue weighted by molar-refractivity contribution is -0.154. The van der Waals surface area contributed by atoms with Gasteiger partial charge in [-0.2, -0.15) is 0 Å². The molecule has 4 heteroatoms. The Morgan fingerprint density at radius 1 is 1.24 bits per heavy atom. The average molecular weight is 238 g/mol. The summed E-state index contributed by atoms with van der Waals surface area (Å²) in [5.74, 6) is 0.333. The van der Waals surface area contributed by atoms with Gasteiger partial charge in [0.2, 0.25) is 5.91 Å². The zero-order valence-electron chi connectivity index (χ0n) is 10.4. The molecular formula is C13H22N2O2. The number of carbonyl (C=O) groups excluding carboxylic acids is 1. The molecule has 1 amide bonds. The van der Waals surface area contributed by atoms with E-state index in [1.165, 1.54) is 12.8 Å². The van der Waals surface area contributed by atoms with Gasteiger partial charge in [-0.25, -0.2) is 0 Å². The van der Waals surface area contributed by atoms with Crippen molar-refractivity contribution >= 4 is 5.91 Å². The van der Waals surface area contributed by atoms with Gasteiger partial charge >= 0.3 is 0 Å². The Morgan fingerprint density at radius 2 is 2.00 bits per heavy atom. The monoisotopic (exact) mass is 238 g/mol. The molecule has 3 saturated heterocycles. The molecule has 0 bridgehead atoms. The SMILES string of the molecule is O=C(C1CCCCN1)N1CCC2(CC1)COC2. The number of nitrogens with one attached hydrogen (secondary N) is 1. The number of piperidine rings is 2. The third-order valence-electron chi connectivity index (χ3n) is 4.56. The molecule has 0 aromatic carbocycles. The molecule has 1 unspecified atom stereocenters. The first-order valence-corrected chi connectivity index (χ1v) is 6.89. The van der Waals surface area contributed by atoms with Crippen LogP contribution in [0.5, 0.6) is 0 Å². The van der Waals surface area contributed by atoms with Crippen molar-refractivity contribution in [3.63, 3.8) is 0 Å². The molecule has 3 aliphatic heterocycles. The molecule has 3 rings (SSSR count). The third-order valence-corrected chi connectivity index (χ3v) is 4.56. The van der Waals surface area contributed by atoms with Crippen LogP contribution in [0.25, 0.3) is 0 Å². The maximum atomic E-state index is 12.3. The predicted molar refractivity (Wildman–Crippen MR) is 64.7 cm³/mol. The summed E-state index contributed by atoms with van der Waals surface area (Å²) >= 11 is 0. The van der Waals surface area contributed by atoms with Crippen molar-refractivity contribution in [2.45, 2.75) is 38.1 Å². The molecule has 3 fully saturated rings. The number of hydrogen-bond acceptors (Lipinski definition) is 3. The average Bonchev–Trinajstić information content (AvgIpc) is 2.37. The third kappa shape index (κ3) is 2.20. The lowest BCUT2D eigenvalue weighted by Gasteiger charge is -2.47. The van der Waals surface area contributed by atoms with Crippen molar-refractivity contribution in [1.82, 2.24) is 10.2 Å². The second-order valence-corrected chi connectivity index (χ2v) is 5.82. The van der Waals surface area contributed by atoms with Gasteiger partial charge in [-0.1, -0.05) is 6.42 Å². The van der Waals surface area contributed by atoms with Gasteiger partial charge in [0.15, 0.2) is 0 Å². The standard InChI is InChI=1S/C13H22N2O2/c16-12(11-3-1-2-6-14-11)15-7-4-13(5-8-15)9-17-10-13/h11,14H,1-10H2. The van der Waals surface area contributed by atoms with Crippen LogP contribution in [0.1, 0.15) is 32.1 Å². The number of ether oxygens (including phenoxy) is 1. The van der Waals surface area contributed by atoms with E-state index in [9.17, 15) is 4.79 Å². The molecule has 17 heavy (non-hydrogen) atoms. The number of carbonyl (C=O) groups is 1. The normalized spacial score (nSPS) is 32.2. The van der Waals surface area contributed by atoms with E-state index >= 15 is 0 Å². The summed E-state index contributed by atoms with van der Waals surface area (Å²) in [6.45, 7) is 4.69. The van der Waals surface area contributed by atoms with Gasteiger partial charge in [0.1, 0.15) is 0 Å². The highest BCUT2D eigenvalue weighted by molar-refractivity contribution is 5.82. The molecule has 1 atom stereocenters. The van der Waals surface area contributed by atoms with E-state index < -0.39 is 0 Å². The molecule has 3 heterocycles. The van der Waals surface area contributed by atoms with Gasteiger partial charge in [-0.15, -0.1) is 0 Å². The highest BCUT2D eigenvalue weighted by Gasteiger charge is 2.42. The van der Waals surface area contributed by atoms with E-state index in [1.807, 2.05) is 0 Å². The number of amides is 1. The number of likely N-dealkylation sites (tertiary alicyclic amines) is 1. The molecule has 0 aliphatic carbocycles. The Balaban J connectivity index is 1.53. The van der Waals surface area contributed by atoms with Gasteiger partial charge in [-0.05, 0) is 32.2 Å². The lowest BCUT2D eigenvalue weighted by atomic mass is 9.76. The summed E-state index contributed by atoms with van der Waals surface area (Å²) in [5.41, 5.74) is 0.427. The fourth-order valence-corrected chi connectivity index (χ4v) is 3.16. The smallest absolute Gasteiger partial charge is 0.239 e. The van der Waals surface area contributed by atoms with E-state index in [2.05, 4.69) is 10.2 Å². The largest absolute Gasteiger partial charge is 0.380 e. The van der Waals surface area contributed by atoms with Gasteiger partial charge < -0.3 is 15.0 Å². The van der Waals surface area contributed by atoms with Crippen molar-refractivity contribution in [3.05, 3.63) is 0 Å². The van der Waals surface area contributed by atoms with Crippen molar-refractivity contribution in [2.24, 2.45) is 5.41 Å². The highest BCUT2D eigenvalue weighted by atomic mass is 16.5. The van der Waals surface area contributed by atoms with Crippen LogP contribution < -0.4 is 5.32 Å².